The smallest absolute Gasteiger partial charge is 0.134 e. The second-order valence-electron chi connectivity index (χ2n) is 5.61. The molecular formula is C15H22ClNO. The molecule has 0 spiro atoms. The zero-order chi connectivity index (χ0) is 13.1. The van der Waals surface area contributed by atoms with E-state index < -0.39 is 0 Å². The van der Waals surface area contributed by atoms with Gasteiger partial charge in [-0.25, -0.2) is 0 Å². The summed E-state index contributed by atoms with van der Waals surface area (Å²) in [5, 5.41) is 9.85. The minimum atomic E-state index is 0.162. The molecule has 0 aliphatic heterocycles. The molecular weight excluding hydrogens is 246 g/mol. The van der Waals surface area contributed by atoms with E-state index in [0.29, 0.717) is 11.1 Å². The van der Waals surface area contributed by atoms with Crippen molar-refractivity contribution in [2.75, 3.05) is 7.05 Å². The molecule has 0 atom stereocenters. The quantitative estimate of drug-likeness (QED) is 0.893. The van der Waals surface area contributed by atoms with Gasteiger partial charge in [-0.1, -0.05) is 24.6 Å². The monoisotopic (exact) mass is 267 g/mol. The first-order valence-corrected chi connectivity index (χ1v) is 7.11. The van der Waals surface area contributed by atoms with Crippen LogP contribution in [0.5, 0.6) is 5.75 Å². The molecule has 1 N–H and O–H groups in total. The Hall–Kier alpha value is -0.730. The number of benzene rings is 1. The van der Waals surface area contributed by atoms with Gasteiger partial charge in [0.1, 0.15) is 5.75 Å². The van der Waals surface area contributed by atoms with E-state index in [-0.39, 0.29) is 5.75 Å². The molecule has 2 nitrogen and oxygen atoms in total. The summed E-state index contributed by atoms with van der Waals surface area (Å²) in [6, 6.07) is 6.17. The van der Waals surface area contributed by atoms with Crippen molar-refractivity contribution in [2.45, 2.75) is 45.2 Å². The average Bonchev–Trinajstić information content (AvgIpc) is 2.34. The van der Waals surface area contributed by atoms with Gasteiger partial charge in [-0.15, -0.1) is 0 Å². The zero-order valence-corrected chi connectivity index (χ0v) is 12.0. The number of rotatable bonds is 3. The van der Waals surface area contributed by atoms with E-state index >= 15 is 0 Å². The fraction of sp³-hybridized carbons (Fsp3) is 0.600. The molecule has 18 heavy (non-hydrogen) atoms. The van der Waals surface area contributed by atoms with Crippen molar-refractivity contribution in [1.82, 2.24) is 4.90 Å². The van der Waals surface area contributed by atoms with Gasteiger partial charge in [-0.2, -0.15) is 0 Å². The number of hydrogen-bond acceptors (Lipinski definition) is 2. The maximum atomic E-state index is 9.41. The molecule has 1 aromatic carbocycles. The number of hydrogen-bond donors (Lipinski definition) is 1. The molecule has 0 saturated heterocycles. The van der Waals surface area contributed by atoms with Crippen LogP contribution in [0, 0.1) is 5.92 Å². The molecule has 100 valence electrons. The van der Waals surface area contributed by atoms with Crippen LogP contribution in [-0.2, 0) is 6.54 Å². The summed E-state index contributed by atoms with van der Waals surface area (Å²) < 4.78 is 0. The van der Waals surface area contributed by atoms with Gasteiger partial charge in [0.25, 0.3) is 0 Å². The third-order valence-corrected chi connectivity index (χ3v) is 4.36. The Kier molecular flexibility index (Phi) is 4.52. The van der Waals surface area contributed by atoms with E-state index in [1.54, 1.807) is 6.07 Å². The van der Waals surface area contributed by atoms with Crippen LogP contribution in [0.4, 0.5) is 0 Å². The van der Waals surface area contributed by atoms with Crippen LogP contribution in [-0.4, -0.2) is 23.1 Å². The third-order valence-electron chi connectivity index (χ3n) is 4.05. The number of halogens is 1. The van der Waals surface area contributed by atoms with Crippen molar-refractivity contribution >= 4 is 11.6 Å². The summed E-state index contributed by atoms with van der Waals surface area (Å²) in [4.78, 5) is 2.41. The molecule has 1 aromatic rings. The summed E-state index contributed by atoms with van der Waals surface area (Å²) in [6.45, 7) is 3.25. The molecule has 1 aliphatic carbocycles. The Morgan fingerprint density at radius 2 is 1.94 bits per heavy atom. The van der Waals surface area contributed by atoms with Crippen LogP contribution < -0.4 is 0 Å². The van der Waals surface area contributed by atoms with Gasteiger partial charge < -0.3 is 5.11 Å². The average molecular weight is 268 g/mol. The molecule has 3 heteroatoms. The van der Waals surface area contributed by atoms with Crippen LogP contribution >= 0.6 is 11.6 Å². The Morgan fingerprint density at radius 3 is 2.56 bits per heavy atom. The highest BCUT2D eigenvalue weighted by Gasteiger charge is 2.21. The van der Waals surface area contributed by atoms with Crippen molar-refractivity contribution < 1.29 is 5.11 Å². The standard InChI is InChI=1S/C15H22ClNO/c1-11-3-6-13(7-4-11)17(2)10-12-5-8-15(18)14(16)9-12/h5,8-9,11,13,18H,3-4,6-7,10H2,1-2H3. The van der Waals surface area contributed by atoms with Crippen LogP contribution in [0.15, 0.2) is 18.2 Å². The molecule has 0 heterocycles. The maximum absolute atomic E-state index is 9.41. The minimum absolute atomic E-state index is 0.162. The largest absolute Gasteiger partial charge is 0.506 e. The van der Waals surface area contributed by atoms with Crippen LogP contribution in [0.25, 0.3) is 0 Å². The lowest BCUT2D eigenvalue weighted by Crippen LogP contribution is -2.34. The van der Waals surface area contributed by atoms with Gasteiger partial charge >= 0.3 is 0 Å². The summed E-state index contributed by atoms with van der Waals surface area (Å²) in [7, 11) is 2.18. The lowest BCUT2D eigenvalue weighted by Gasteiger charge is -2.33. The highest BCUT2D eigenvalue weighted by molar-refractivity contribution is 6.32. The van der Waals surface area contributed by atoms with E-state index in [1.807, 2.05) is 12.1 Å². The molecule has 0 radical (unpaired) electrons. The van der Waals surface area contributed by atoms with Gasteiger partial charge in [-0.05, 0) is 56.3 Å². The SMILES string of the molecule is CC1CCC(N(C)Cc2ccc(O)c(Cl)c2)CC1. The van der Waals surface area contributed by atoms with E-state index in [1.165, 1.54) is 31.2 Å². The predicted molar refractivity (Wildman–Crippen MR) is 76.0 cm³/mol. The molecule has 1 aliphatic rings. The highest BCUT2D eigenvalue weighted by Crippen LogP contribution is 2.28. The fourth-order valence-electron chi connectivity index (χ4n) is 2.75. The van der Waals surface area contributed by atoms with E-state index in [4.69, 9.17) is 11.6 Å². The first-order chi connectivity index (χ1) is 8.56. The summed E-state index contributed by atoms with van der Waals surface area (Å²) >= 11 is 5.93. The topological polar surface area (TPSA) is 23.5 Å². The zero-order valence-electron chi connectivity index (χ0n) is 11.2. The lowest BCUT2D eigenvalue weighted by atomic mass is 9.86. The predicted octanol–water partition coefficient (Wildman–Crippen LogP) is 4.06. The summed E-state index contributed by atoms with van der Waals surface area (Å²) in [6.07, 6.45) is 5.27. The first kappa shape index (κ1) is 13.7. The second kappa shape index (κ2) is 5.94. The van der Waals surface area contributed by atoms with E-state index in [0.717, 1.165) is 12.5 Å². The van der Waals surface area contributed by atoms with Crippen molar-refractivity contribution in [3.05, 3.63) is 28.8 Å². The number of phenols is 1. The van der Waals surface area contributed by atoms with Crippen LogP contribution in [0.1, 0.15) is 38.2 Å². The van der Waals surface area contributed by atoms with Gasteiger partial charge in [0.15, 0.2) is 0 Å². The van der Waals surface area contributed by atoms with E-state index in [9.17, 15) is 5.11 Å². The molecule has 1 fully saturated rings. The van der Waals surface area contributed by atoms with Crippen LogP contribution in [0.3, 0.4) is 0 Å². The molecule has 0 bridgehead atoms. The Labute approximate surface area is 115 Å². The highest BCUT2D eigenvalue weighted by atomic mass is 35.5. The van der Waals surface area contributed by atoms with Gasteiger partial charge in [0.2, 0.25) is 0 Å². The minimum Gasteiger partial charge on any atom is -0.506 e. The molecule has 1 saturated carbocycles. The molecule has 0 unspecified atom stereocenters. The second-order valence-corrected chi connectivity index (χ2v) is 6.02. The van der Waals surface area contributed by atoms with Gasteiger partial charge in [0, 0.05) is 12.6 Å². The normalized spacial score (nSPS) is 24.4. The Morgan fingerprint density at radius 1 is 1.28 bits per heavy atom. The number of phenolic OH excluding ortho intramolecular Hbond substituents is 1. The van der Waals surface area contributed by atoms with Crippen molar-refractivity contribution in [1.29, 1.82) is 0 Å². The third kappa shape index (κ3) is 3.39. The molecule has 0 aromatic heterocycles. The van der Waals surface area contributed by atoms with Crippen molar-refractivity contribution in [3.63, 3.8) is 0 Å². The van der Waals surface area contributed by atoms with E-state index in [2.05, 4.69) is 18.9 Å². The summed E-state index contributed by atoms with van der Waals surface area (Å²) in [5.74, 6) is 1.05. The maximum Gasteiger partial charge on any atom is 0.134 e. The van der Waals surface area contributed by atoms with Gasteiger partial charge in [0.05, 0.1) is 5.02 Å². The molecule has 2 rings (SSSR count). The van der Waals surface area contributed by atoms with Crippen molar-refractivity contribution in [2.24, 2.45) is 5.92 Å². The molecule has 0 amide bonds. The Balaban J connectivity index is 1.94. The fourth-order valence-corrected chi connectivity index (χ4v) is 2.95. The number of nitrogens with zero attached hydrogens (tertiary/aromatic N) is 1. The number of aromatic hydroxyl groups is 1. The van der Waals surface area contributed by atoms with Crippen LogP contribution in [0.2, 0.25) is 5.02 Å². The van der Waals surface area contributed by atoms with Crippen molar-refractivity contribution in [3.8, 4) is 5.75 Å². The van der Waals surface area contributed by atoms with Gasteiger partial charge in [-0.3, -0.25) is 4.90 Å². The Bertz CT molecular complexity index is 399. The summed E-state index contributed by atoms with van der Waals surface area (Å²) in [5.41, 5.74) is 1.17. The lowest BCUT2D eigenvalue weighted by molar-refractivity contribution is 0.164. The first-order valence-electron chi connectivity index (χ1n) is 6.74.